The summed E-state index contributed by atoms with van der Waals surface area (Å²) in [5.74, 6) is 0.347. The number of benzene rings is 2. The molecule has 1 aliphatic heterocycles. The molecule has 1 saturated heterocycles. The average Bonchev–Trinajstić information content (AvgIpc) is 2.91. The number of hydrogen-bond donors (Lipinski definition) is 1. The van der Waals surface area contributed by atoms with Gasteiger partial charge in [-0.15, -0.1) is 0 Å². The van der Waals surface area contributed by atoms with Gasteiger partial charge in [0.2, 0.25) is 0 Å². The number of likely N-dealkylation sites (N-methyl/N-ethyl adjacent to an activating group) is 1. The highest BCUT2D eigenvalue weighted by Gasteiger charge is 2.35. The molecule has 4 nitrogen and oxygen atoms in total. The Hall–Kier alpha value is -1.88. The van der Waals surface area contributed by atoms with Crippen molar-refractivity contribution in [1.29, 1.82) is 0 Å². The molecule has 0 aromatic heterocycles. The molecule has 2 aromatic carbocycles. The summed E-state index contributed by atoms with van der Waals surface area (Å²) in [6, 6.07) is 14.8. The Kier molecular flexibility index (Phi) is 6.37. The van der Waals surface area contributed by atoms with E-state index in [1.54, 1.807) is 6.07 Å². The highest BCUT2D eigenvalue weighted by Crippen LogP contribution is 2.27. The molecule has 3 rings (SSSR count). The number of rotatable bonds is 6. The zero-order chi connectivity index (χ0) is 21.2. The molecule has 2 atom stereocenters. The van der Waals surface area contributed by atoms with Gasteiger partial charge in [0.1, 0.15) is 18.5 Å². The standard InChI is InChI=1S/C25H36N2O2/c1-19-15-20(11-14-24(19)28)7-6-8-23-17-26(18-27(23,5)29)16-21-9-12-22(13-10-21)25(2,3)4/h9-15,23,28H,6-8,16-18H2,1-5H3. The Labute approximate surface area is 175 Å². The summed E-state index contributed by atoms with van der Waals surface area (Å²) in [4.78, 5) is 2.30. The van der Waals surface area contributed by atoms with Crippen LogP contribution in [0.4, 0.5) is 0 Å². The fourth-order valence-electron chi connectivity index (χ4n) is 4.30. The first-order chi connectivity index (χ1) is 13.5. The van der Waals surface area contributed by atoms with E-state index in [-0.39, 0.29) is 16.1 Å². The van der Waals surface area contributed by atoms with E-state index in [1.165, 1.54) is 16.7 Å². The quantitative estimate of drug-likeness (QED) is 0.545. The van der Waals surface area contributed by atoms with Gasteiger partial charge >= 0.3 is 0 Å². The topological polar surface area (TPSA) is 46.5 Å². The minimum atomic E-state index is -0.172. The highest BCUT2D eigenvalue weighted by molar-refractivity contribution is 5.35. The van der Waals surface area contributed by atoms with Gasteiger partial charge in [-0.1, -0.05) is 57.2 Å². The van der Waals surface area contributed by atoms with E-state index < -0.39 is 0 Å². The van der Waals surface area contributed by atoms with Crippen LogP contribution in [-0.4, -0.2) is 41.0 Å². The molecule has 29 heavy (non-hydrogen) atoms. The number of aromatic hydroxyl groups is 1. The van der Waals surface area contributed by atoms with Gasteiger partial charge in [-0.05, 0) is 53.5 Å². The van der Waals surface area contributed by atoms with E-state index >= 15 is 0 Å². The molecule has 158 valence electrons. The van der Waals surface area contributed by atoms with Gasteiger partial charge in [-0.2, -0.15) is 0 Å². The van der Waals surface area contributed by atoms with Crippen LogP contribution < -0.4 is 0 Å². The molecule has 0 amide bonds. The lowest BCUT2D eigenvalue weighted by Crippen LogP contribution is -2.43. The lowest BCUT2D eigenvalue weighted by atomic mass is 9.87. The first kappa shape index (κ1) is 21.8. The van der Waals surface area contributed by atoms with Crippen LogP contribution in [0, 0.1) is 12.1 Å². The normalized spacial score (nSPS) is 22.9. The van der Waals surface area contributed by atoms with Crippen molar-refractivity contribution in [1.82, 2.24) is 4.90 Å². The number of phenols is 1. The van der Waals surface area contributed by atoms with E-state index in [1.807, 2.05) is 26.1 Å². The Morgan fingerprint density at radius 1 is 1.10 bits per heavy atom. The Balaban J connectivity index is 1.53. The third kappa shape index (κ3) is 5.59. The molecular weight excluding hydrogens is 360 g/mol. The Morgan fingerprint density at radius 3 is 2.38 bits per heavy atom. The third-order valence-corrected chi connectivity index (χ3v) is 6.21. The smallest absolute Gasteiger partial charge is 0.135 e. The molecule has 0 saturated carbocycles. The molecule has 0 bridgehead atoms. The number of hydroxylamine groups is 3. The van der Waals surface area contributed by atoms with Gasteiger partial charge in [0.15, 0.2) is 0 Å². The second kappa shape index (κ2) is 8.47. The van der Waals surface area contributed by atoms with E-state index in [4.69, 9.17) is 0 Å². The molecule has 1 fully saturated rings. The summed E-state index contributed by atoms with van der Waals surface area (Å²) in [6.07, 6.45) is 2.88. The number of quaternary nitrogens is 1. The number of phenolic OH excluding ortho intramolecular Hbond substituents is 1. The Bertz CT molecular complexity index is 822. The average molecular weight is 397 g/mol. The maximum atomic E-state index is 13.0. The maximum absolute atomic E-state index is 13.0. The lowest BCUT2D eigenvalue weighted by Gasteiger charge is -2.39. The maximum Gasteiger partial charge on any atom is 0.135 e. The minimum absolute atomic E-state index is 0.127. The summed E-state index contributed by atoms with van der Waals surface area (Å²) in [5, 5.41) is 22.7. The van der Waals surface area contributed by atoms with Crippen LogP contribution in [0.5, 0.6) is 5.75 Å². The van der Waals surface area contributed by atoms with E-state index in [2.05, 4.69) is 49.9 Å². The molecule has 2 aromatic rings. The van der Waals surface area contributed by atoms with E-state index in [0.29, 0.717) is 12.4 Å². The van der Waals surface area contributed by atoms with Crippen LogP contribution in [0.3, 0.4) is 0 Å². The monoisotopic (exact) mass is 396 g/mol. The zero-order valence-electron chi connectivity index (χ0n) is 18.6. The molecule has 0 radical (unpaired) electrons. The molecule has 1 heterocycles. The summed E-state index contributed by atoms with van der Waals surface area (Å²) < 4.78 is -0.172. The van der Waals surface area contributed by atoms with Crippen LogP contribution >= 0.6 is 0 Å². The van der Waals surface area contributed by atoms with Crippen LogP contribution in [0.25, 0.3) is 0 Å². The van der Waals surface area contributed by atoms with Gasteiger partial charge in [0, 0.05) is 13.0 Å². The molecule has 1 N–H and O–H groups in total. The number of nitrogens with zero attached hydrogens (tertiary/aromatic N) is 2. The number of hydrogen-bond acceptors (Lipinski definition) is 3. The van der Waals surface area contributed by atoms with Crippen molar-refractivity contribution in [2.75, 3.05) is 20.3 Å². The summed E-state index contributed by atoms with van der Waals surface area (Å²) in [7, 11) is 1.82. The van der Waals surface area contributed by atoms with Crippen LogP contribution in [0.15, 0.2) is 42.5 Å². The predicted molar refractivity (Wildman–Crippen MR) is 120 cm³/mol. The predicted octanol–water partition coefficient (Wildman–Crippen LogP) is 5.11. The van der Waals surface area contributed by atoms with Crippen LogP contribution in [0.2, 0.25) is 0 Å². The summed E-state index contributed by atoms with van der Waals surface area (Å²) in [5.41, 5.74) is 4.93. The molecule has 2 unspecified atom stereocenters. The van der Waals surface area contributed by atoms with Crippen molar-refractivity contribution in [2.24, 2.45) is 0 Å². The first-order valence-corrected chi connectivity index (χ1v) is 10.7. The van der Waals surface area contributed by atoms with E-state index in [0.717, 1.165) is 37.9 Å². The van der Waals surface area contributed by atoms with Crippen molar-refractivity contribution in [2.45, 2.75) is 65.0 Å². The third-order valence-electron chi connectivity index (χ3n) is 6.21. The molecule has 4 heteroatoms. The lowest BCUT2D eigenvalue weighted by molar-refractivity contribution is -0.877. The first-order valence-electron chi connectivity index (χ1n) is 10.7. The van der Waals surface area contributed by atoms with Gasteiger partial charge in [-0.25, -0.2) is 4.90 Å². The SMILES string of the molecule is Cc1cc(CCCC2CN(Cc3ccc(C(C)(C)C)cc3)C[N+]2(C)[O-])ccc1O. The molecule has 1 aliphatic rings. The van der Waals surface area contributed by atoms with Gasteiger partial charge in [0.05, 0.1) is 13.6 Å². The van der Waals surface area contributed by atoms with Crippen LogP contribution in [0.1, 0.15) is 55.9 Å². The van der Waals surface area contributed by atoms with Crippen LogP contribution in [-0.2, 0) is 18.4 Å². The molecular formula is C25H36N2O2. The summed E-state index contributed by atoms with van der Waals surface area (Å²) in [6.45, 7) is 10.9. The van der Waals surface area contributed by atoms with Gasteiger partial charge in [0.25, 0.3) is 0 Å². The number of aryl methyl sites for hydroxylation is 2. The second-order valence-electron chi connectivity index (χ2n) is 9.94. The largest absolute Gasteiger partial charge is 0.632 e. The second-order valence-corrected chi connectivity index (χ2v) is 9.94. The molecule has 0 aliphatic carbocycles. The summed E-state index contributed by atoms with van der Waals surface area (Å²) >= 11 is 0. The van der Waals surface area contributed by atoms with Crippen molar-refractivity contribution in [3.63, 3.8) is 0 Å². The minimum Gasteiger partial charge on any atom is -0.632 e. The highest BCUT2D eigenvalue weighted by atomic mass is 16.6. The Morgan fingerprint density at radius 2 is 1.76 bits per heavy atom. The van der Waals surface area contributed by atoms with Crippen molar-refractivity contribution in [3.05, 3.63) is 69.9 Å². The van der Waals surface area contributed by atoms with Gasteiger partial charge < -0.3 is 15.0 Å². The van der Waals surface area contributed by atoms with Gasteiger partial charge in [-0.3, -0.25) is 0 Å². The van der Waals surface area contributed by atoms with Crippen molar-refractivity contribution in [3.8, 4) is 5.75 Å². The molecule has 0 spiro atoms. The van der Waals surface area contributed by atoms with E-state index in [9.17, 15) is 10.3 Å². The zero-order valence-corrected chi connectivity index (χ0v) is 18.6. The van der Waals surface area contributed by atoms with Crippen molar-refractivity contribution >= 4 is 0 Å². The fraction of sp³-hybridized carbons (Fsp3) is 0.520. The van der Waals surface area contributed by atoms with Crippen molar-refractivity contribution < 1.29 is 9.75 Å². The fourth-order valence-corrected chi connectivity index (χ4v) is 4.30.